The van der Waals surface area contributed by atoms with E-state index in [1.807, 2.05) is 15.9 Å². The molecule has 2 N–H and O–H groups in total. The number of nitrogens with zero attached hydrogens (tertiary/aromatic N) is 4. The average molecular weight is 437 g/mol. The first kappa shape index (κ1) is 20.3. The lowest BCUT2D eigenvalue weighted by atomic mass is 9.67. The zero-order valence-electron chi connectivity index (χ0n) is 17.9. The molecule has 0 aromatic heterocycles. The van der Waals surface area contributed by atoms with Crippen LogP contribution in [0, 0.1) is 11.2 Å². The summed E-state index contributed by atoms with van der Waals surface area (Å²) in [7, 11) is 2.79. The van der Waals surface area contributed by atoms with Crippen molar-refractivity contribution in [2.24, 2.45) is 5.41 Å². The first-order valence-corrected chi connectivity index (χ1v) is 10.5. The summed E-state index contributed by atoms with van der Waals surface area (Å²) in [5.41, 5.74) is 7.17. The number of imide groups is 2. The largest absolute Gasteiger partial charge is 0.399 e. The van der Waals surface area contributed by atoms with Gasteiger partial charge in [-0.1, -0.05) is 12.1 Å². The van der Waals surface area contributed by atoms with Crippen molar-refractivity contribution in [3.05, 3.63) is 53.8 Å². The molecule has 8 nitrogen and oxygen atoms in total. The summed E-state index contributed by atoms with van der Waals surface area (Å²) in [6, 6.07) is 10.7. The van der Waals surface area contributed by atoms with Gasteiger partial charge in [0.25, 0.3) is 0 Å². The molecule has 3 aliphatic heterocycles. The predicted octanol–water partition coefficient (Wildman–Crippen LogP) is 1.70. The van der Waals surface area contributed by atoms with Gasteiger partial charge in [0, 0.05) is 45.1 Å². The summed E-state index contributed by atoms with van der Waals surface area (Å²) < 4.78 is 14.6. The fourth-order valence-corrected chi connectivity index (χ4v) is 5.39. The van der Waals surface area contributed by atoms with E-state index >= 15 is 0 Å². The molecule has 0 unspecified atom stereocenters. The van der Waals surface area contributed by atoms with Crippen molar-refractivity contribution >= 4 is 34.9 Å². The highest BCUT2D eigenvalue weighted by Gasteiger charge is 2.63. The zero-order chi connectivity index (χ0) is 22.8. The number of amides is 4. The summed E-state index contributed by atoms with van der Waals surface area (Å²) in [6.45, 7) is 1.27. The van der Waals surface area contributed by atoms with Crippen LogP contribution in [0.15, 0.2) is 42.5 Å². The molecule has 3 heterocycles. The Hall–Kier alpha value is -3.62. The summed E-state index contributed by atoms with van der Waals surface area (Å²) in [5.74, 6) is -1.43. The number of rotatable bonds is 1. The van der Waals surface area contributed by atoms with Crippen molar-refractivity contribution in [2.45, 2.75) is 12.5 Å². The Morgan fingerprint density at radius 2 is 1.66 bits per heavy atom. The minimum absolute atomic E-state index is 0.124. The smallest absolute Gasteiger partial charge is 0.332 e. The standard InChI is InChI=1S/C23H24FN5O3/c1-26-20(30)23(21(31)27(2)22(26)32)12-14-11-15(25)7-8-17(14)29-10-9-28(13-19(23)29)18-6-4-3-5-16(18)24/h3-8,11,19H,9-10,12-13,25H2,1-2H3/t19-/m0/s1. The molecule has 0 radical (unpaired) electrons. The van der Waals surface area contributed by atoms with Crippen LogP contribution in [-0.4, -0.2) is 67.4 Å². The maximum absolute atomic E-state index is 14.6. The first-order valence-electron chi connectivity index (χ1n) is 10.5. The van der Waals surface area contributed by atoms with E-state index in [1.54, 1.807) is 30.3 Å². The number of anilines is 3. The molecule has 0 aliphatic carbocycles. The van der Waals surface area contributed by atoms with Gasteiger partial charge in [0.15, 0.2) is 5.41 Å². The summed E-state index contributed by atoms with van der Waals surface area (Å²) in [6.07, 6.45) is 0.124. The number of barbiturate groups is 1. The van der Waals surface area contributed by atoms with Crippen LogP contribution >= 0.6 is 0 Å². The molecule has 2 fully saturated rings. The molecular formula is C23H24FN5O3. The van der Waals surface area contributed by atoms with Crippen molar-refractivity contribution in [1.82, 2.24) is 9.80 Å². The second-order valence-electron chi connectivity index (χ2n) is 8.65. The van der Waals surface area contributed by atoms with Gasteiger partial charge in [-0.05, 0) is 42.3 Å². The van der Waals surface area contributed by atoms with E-state index < -0.39 is 29.3 Å². The first-order chi connectivity index (χ1) is 15.3. The van der Waals surface area contributed by atoms with Crippen molar-refractivity contribution in [3.8, 4) is 0 Å². The molecule has 32 heavy (non-hydrogen) atoms. The van der Waals surface area contributed by atoms with E-state index in [4.69, 9.17) is 5.73 Å². The summed E-state index contributed by atoms with van der Waals surface area (Å²) in [5, 5.41) is 0. The molecular weight excluding hydrogens is 413 g/mol. The number of benzene rings is 2. The molecule has 9 heteroatoms. The topological polar surface area (TPSA) is 90.2 Å². The third kappa shape index (κ3) is 2.63. The van der Waals surface area contributed by atoms with E-state index in [-0.39, 0.29) is 18.8 Å². The number of halogens is 1. The molecule has 2 aromatic rings. The molecule has 0 saturated carbocycles. The lowest BCUT2D eigenvalue weighted by Crippen LogP contribution is -2.74. The summed E-state index contributed by atoms with van der Waals surface area (Å²) in [4.78, 5) is 45.7. The average Bonchev–Trinajstić information content (AvgIpc) is 2.80. The van der Waals surface area contributed by atoms with E-state index in [9.17, 15) is 18.8 Å². The normalized spacial score (nSPS) is 22.3. The van der Waals surface area contributed by atoms with Crippen LogP contribution in [0.5, 0.6) is 0 Å². The van der Waals surface area contributed by atoms with Gasteiger partial charge < -0.3 is 15.5 Å². The monoisotopic (exact) mass is 437 g/mol. The Bertz CT molecular complexity index is 1130. The van der Waals surface area contributed by atoms with Gasteiger partial charge in [-0.2, -0.15) is 0 Å². The van der Waals surface area contributed by atoms with Crippen LogP contribution < -0.4 is 15.5 Å². The summed E-state index contributed by atoms with van der Waals surface area (Å²) >= 11 is 0. The van der Waals surface area contributed by atoms with E-state index in [2.05, 4.69) is 0 Å². The number of carbonyl (C=O) groups is 3. The number of para-hydroxylation sites is 1. The predicted molar refractivity (Wildman–Crippen MR) is 118 cm³/mol. The van der Waals surface area contributed by atoms with Crippen molar-refractivity contribution in [2.75, 3.05) is 49.3 Å². The van der Waals surface area contributed by atoms with Crippen LogP contribution in [0.3, 0.4) is 0 Å². The van der Waals surface area contributed by atoms with Gasteiger partial charge in [0.1, 0.15) is 5.82 Å². The fraction of sp³-hybridized carbons (Fsp3) is 0.348. The molecule has 166 valence electrons. The van der Waals surface area contributed by atoms with E-state index in [0.29, 0.717) is 24.5 Å². The van der Waals surface area contributed by atoms with Gasteiger partial charge >= 0.3 is 6.03 Å². The molecule has 5 rings (SSSR count). The second kappa shape index (κ2) is 6.94. The second-order valence-corrected chi connectivity index (χ2v) is 8.65. The molecule has 1 spiro atoms. The van der Waals surface area contributed by atoms with Gasteiger partial charge in [-0.3, -0.25) is 19.4 Å². The number of urea groups is 1. The van der Waals surface area contributed by atoms with Gasteiger partial charge in [0.2, 0.25) is 11.8 Å². The van der Waals surface area contributed by atoms with Crippen LogP contribution in [0.2, 0.25) is 0 Å². The Labute approximate surface area is 185 Å². The van der Waals surface area contributed by atoms with Crippen molar-refractivity contribution < 1.29 is 18.8 Å². The molecule has 2 aromatic carbocycles. The van der Waals surface area contributed by atoms with Gasteiger partial charge in [-0.15, -0.1) is 0 Å². The third-order valence-corrected chi connectivity index (χ3v) is 6.97. The third-order valence-electron chi connectivity index (χ3n) is 6.97. The molecule has 2 saturated heterocycles. The molecule has 4 amide bonds. The number of hydrogen-bond donors (Lipinski definition) is 1. The van der Waals surface area contributed by atoms with Crippen molar-refractivity contribution in [3.63, 3.8) is 0 Å². The van der Waals surface area contributed by atoms with E-state index in [1.165, 1.54) is 20.2 Å². The molecule has 0 bridgehead atoms. The minimum Gasteiger partial charge on any atom is -0.399 e. The lowest BCUT2D eigenvalue weighted by molar-refractivity contribution is -0.159. The quantitative estimate of drug-likeness (QED) is 0.540. The van der Waals surface area contributed by atoms with Crippen LogP contribution in [0.25, 0.3) is 0 Å². The molecule has 1 atom stereocenters. The Balaban J connectivity index is 1.67. The maximum atomic E-state index is 14.6. The number of piperazine rings is 1. The van der Waals surface area contributed by atoms with Crippen LogP contribution in [-0.2, 0) is 16.0 Å². The van der Waals surface area contributed by atoms with Gasteiger partial charge in [-0.25, -0.2) is 9.18 Å². The molecule has 3 aliphatic rings. The number of fused-ring (bicyclic) bond motifs is 4. The minimum atomic E-state index is -1.51. The van der Waals surface area contributed by atoms with Crippen LogP contribution in [0.4, 0.5) is 26.2 Å². The highest BCUT2D eigenvalue weighted by molar-refractivity contribution is 6.20. The Kier molecular flexibility index (Phi) is 4.40. The van der Waals surface area contributed by atoms with Crippen molar-refractivity contribution in [1.29, 1.82) is 0 Å². The fourth-order valence-electron chi connectivity index (χ4n) is 5.39. The number of nitrogen functional groups attached to an aromatic ring is 1. The van der Waals surface area contributed by atoms with Crippen LogP contribution in [0.1, 0.15) is 5.56 Å². The maximum Gasteiger partial charge on any atom is 0.332 e. The number of nitrogens with two attached hydrogens (primary N) is 1. The number of carbonyl (C=O) groups excluding carboxylic acids is 3. The SMILES string of the molecule is CN1C(=O)N(C)C(=O)C2(Cc3cc(N)ccc3N3CCN(c4ccccc4F)C[C@H]32)C1=O. The zero-order valence-corrected chi connectivity index (χ0v) is 17.9. The van der Waals surface area contributed by atoms with Gasteiger partial charge in [0.05, 0.1) is 11.7 Å². The lowest BCUT2D eigenvalue weighted by Gasteiger charge is -2.56. The Morgan fingerprint density at radius 1 is 0.969 bits per heavy atom. The number of hydrogen-bond acceptors (Lipinski definition) is 6. The highest BCUT2D eigenvalue weighted by atomic mass is 19.1. The Morgan fingerprint density at radius 3 is 2.34 bits per heavy atom. The highest BCUT2D eigenvalue weighted by Crippen LogP contribution is 2.47. The van der Waals surface area contributed by atoms with E-state index in [0.717, 1.165) is 21.1 Å².